The van der Waals surface area contributed by atoms with Crippen LogP contribution in [0, 0.1) is 5.92 Å². The molecule has 0 radical (unpaired) electrons. The van der Waals surface area contributed by atoms with Crippen LogP contribution in [0.15, 0.2) is 30.3 Å². The number of aromatic nitrogens is 2. The molecule has 2 heterocycles. The number of hydrogen-bond donors (Lipinski definition) is 2. The Morgan fingerprint density at radius 2 is 2.00 bits per heavy atom. The molecule has 3 N–H and O–H groups in total. The molecule has 1 fully saturated rings. The van der Waals surface area contributed by atoms with Crippen molar-refractivity contribution >= 4 is 23.5 Å². The van der Waals surface area contributed by atoms with Gasteiger partial charge in [-0.05, 0) is 50.8 Å². The van der Waals surface area contributed by atoms with E-state index in [-0.39, 0.29) is 17.8 Å². The monoisotopic (exact) mass is 426 g/mol. The van der Waals surface area contributed by atoms with Crippen LogP contribution in [0.25, 0.3) is 0 Å². The molecule has 2 aromatic rings. The molecule has 1 aliphatic heterocycles. The Labute approximate surface area is 184 Å². The molecule has 3 rings (SSSR count). The van der Waals surface area contributed by atoms with Crippen LogP contribution in [0.5, 0.6) is 5.75 Å². The largest absolute Gasteiger partial charge is 0.497 e. The van der Waals surface area contributed by atoms with Gasteiger partial charge in [-0.3, -0.25) is 4.79 Å². The van der Waals surface area contributed by atoms with E-state index in [9.17, 15) is 4.79 Å². The second kappa shape index (κ2) is 10.8. The molecule has 1 amide bonds. The van der Waals surface area contributed by atoms with Crippen LogP contribution < -0.4 is 20.7 Å². The van der Waals surface area contributed by atoms with Crippen molar-refractivity contribution in [1.82, 2.24) is 14.9 Å². The van der Waals surface area contributed by atoms with Crippen LogP contribution in [-0.2, 0) is 11.2 Å². The normalized spacial score (nSPS) is 16.1. The van der Waals surface area contributed by atoms with Crippen molar-refractivity contribution in [2.45, 2.75) is 33.1 Å². The number of piperidine rings is 1. The summed E-state index contributed by atoms with van der Waals surface area (Å²) >= 11 is 0. The lowest BCUT2D eigenvalue weighted by atomic mass is 9.96. The number of nitrogens with one attached hydrogen (secondary N) is 1. The van der Waals surface area contributed by atoms with E-state index in [0.29, 0.717) is 12.4 Å². The molecule has 1 aromatic heterocycles. The smallest absolute Gasteiger partial charge is 0.227 e. The summed E-state index contributed by atoms with van der Waals surface area (Å²) in [6.07, 6.45) is 2.73. The molecule has 0 saturated carbocycles. The van der Waals surface area contributed by atoms with Gasteiger partial charge in [0.05, 0.1) is 13.0 Å². The fraction of sp³-hybridized carbons (Fsp3) is 0.522. The highest BCUT2D eigenvalue weighted by Crippen LogP contribution is 2.25. The predicted octanol–water partition coefficient (Wildman–Crippen LogP) is 2.81. The number of carbonyl (C=O) groups excluding carboxylic acids is 1. The Bertz CT molecular complexity index is 854. The summed E-state index contributed by atoms with van der Waals surface area (Å²) in [6.45, 7) is 7.79. The maximum absolute atomic E-state index is 12.8. The zero-order valence-corrected chi connectivity index (χ0v) is 18.8. The average Bonchev–Trinajstić information content (AvgIpc) is 2.80. The maximum Gasteiger partial charge on any atom is 0.227 e. The maximum atomic E-state index is 12.8. The van der Waals surface area contributed by atoms with Gasteiger partial charge >= 0.3 is 0 Å². The van der Waals surface area contributed by atoms with Crippen LogP contribution in [0.3, 0.4) is 0 Å². The number of amides is 1. The van der Waals surface area contributed by atoms with Gasteiger partial charge in [0.2, 0.25) is 11.9 Å². The van der Waals surface area contributed by atoms with Gasteiger partial charge in [-0.15, -0.1) is 0 Å². The highest BCUT2D eigenvalue weighted by molar-refractivity contribution is 5.79. The highest BCUT2D eigenvalue weighted by Gasteiger charge is 2.29. The number of methoxy groups -OCH3 is 1. The molecule has 0 bridgehead atoms. The summed E-state index contributed by atoms with van der Waals surface area (Å²) < 4.78 is 5.20. The van der Waals surface area contributed by atoms with Crippen LogP contribution in [0.2, 0.25) is 0 Å². The summed E-state index contributed by atoms with van der Waals surface area (Å²) in [5.74, 6) is 2.79. The number of carbonyl (C=O) groups is 1. The Kier molecular flexibility index (Phi) is 7.92. The second-order valence-corrected chi connectivity index (χ2v) is 7.79. The Balaban J connectivity index is 1.62. The Morgan fingerprint density at radius 1 is 1.26 bits per heavy atom. The number of rotatable bonds is 9. The van der Waals surface area contributed by atoms with Gasteiger partial charge in [0.25, 0.3) is 0 Å². The van der Waals surface area contributed by atoms with Crippen molar-refractivity contribution in [3.8, 4) is 5.75 Å². The van der Waals surface area contributed by atoms with E-state index in [0.717, 1.165) is 57.0 Å². The molecule has 8 heteroatoms. The zero-order chi connectivity index (χ0) is 22.2. The van der Waals surface area contributed by atoms with Gasteiger partial charge < -0.3 is 25.6 Å². The van der Waals surface area contributed by atoms with E-state index in [4.69, 9.17) is 10.5 Å². The predicted molar refractivity (Wildman–Crippen MR) is 124 cm³/mol. The van der Waals surface area contributed by atoms with Crippen molar-refractivity contribution < 1.29 is 9.53 Å². The molecule has 168 valence electrons. The molecule has 1 aromatic carbocycles. The fourth-order valence-electron chi connectivity index (χ4n) is 4.01. The van der Waals surface area contributed by atoms with E-state index >= 15 is 0 Å². The summed E-state index contributed by atoms with van der Waals surface area (Å²) in [6, 6.07) is 9.96. The van der Waals surface area contributed by atoms with E-state index in [1.807, 2.05) is 36.9 Å². The SMILES string of the molecule is CCN(CC)C(=O)C1CCCN(c2cc(NCCc3ccc(OC)cc3)nc(N)n2)C1. The van der Waals surface area contributed by atoms with Gasteiger partial charge in [-0.1, -0.05) is 12.1 Å². The third-order valence-corrected chi connectivity index (χ3v) is 5.78. The minimum absolute atomic E-state index is 0.00341. The molecule has 1 aliphatic rings. The van der Waals surface area contributed by atoms with E-state index in [2.05, 4.69) is 32.3 Å². The zero-order valence-electron chi connectivity index (χ0n) is 18.8. The Morgan fingerprint density at radius 3 is 2.68 bits per heavy atom. The standard InChI is InChI=1S/C23H34N6O2/c1-4-28(5-2)22(30)18-7-6-14-29(16-18)21-15-20(26-23(24)27-21)25-13-12-17-8-10-19(31-3)11-9-17/h8-11,15,18H,4-7,12-14,16H2,1-3H3,(H3,24,25,26,27). The minimum atomic E-state index is -0.00341. The van der Waals surface area contributed by atoms with Crippen LogP contribution in [-0.4, -0.2) is 60.6 Å². The first-order valence-electron chi connectivity index (χ1n) is 11.1. The van der Waals surface area contributed by atoms with Crippen molar-refractivity contribution in [1.29, 1.82) is 0 Å². The average molecular weight is 427 g/mol. The number of nitrogens with zero attached hydrogens (tertiary/aromatic N) is 4. The fourth-order valence-corrected chi connectivity index (χ4v) is 4.01. The first kappa shape index (κ1) is 22.7. The van der Waals surface area contributed by atoms with E-state index in [1.165, 1.54) is 5.56 Å². The number of anilines is 3. The summed E-state index contributed by atoms with van der Waals surface area (Å²) in [4.78, 5) is 25.6. The molecular weight excluding hydrogens is 392 g/mol. The van der Waals surface area contributed by atoms with Crippen LogP contribution >= 0.6 is 0 Å². The number of ether oxygens (including phenoxy) is 1. The highest BCUT2D eigenvalue weighted by atomic mass is 16.5. The topological polar surface area (TPSA) is 96.6 Å². The summed E-state index contributed by atoms with van der Waals surface area (Å²) in [5, 5.41) is 3.35. The van der Waals surface area contributed by atoms with Gasteiger partial charge in [0.15, 0.2) is 0 Å². The number of nitrogens with two attached hydrogens (primary N) is 1. The van der Waals surface area contributed by atoms with Crippen LogP contribution in [0.4, 0.5) is 17.6 Å². The molecule has 1 unspecified atom stereocenters. The summed E-state index contributed by atoms with van der Waals surface area (Å²) in [5.41, 5.74) is 7.20. The second-order valence-electron chi connectivity index (χ2n) is 7.79. The van der Waals surface area contributed by atoms with Gasteiger partial charge in [0.1, 0.15) is 17.4 Å². The van der Waals surface area contributed by atoms with E-state index in [1.54, 1.807) is 7.11 Å². The van der Waals surface area contributed by atoms with Gasteiger partial charge in [-0.2, -0.15) is 9.97 Å². The first-order chi connectivity index (χ1) is 15.0. The molecule has 31 heavy (non-hydrogen) atoms. The lowest BCUT2D eigenvalue weighted by molar-refractivity contribution is -0.135. The molecule has 8 nitrogen and oxygen atoms in total. The molecule has 1 saturated heterocycles. The van der Waals surface area contributed by atoms with Gasteiger partial charge in [-0.25, -0.2) is 0 Å². The molecular formula is C23H34N6O2. The molecule has 1 atom stereocenters. The quantitative estimate of drug-likeness (QED) is 0.636. The summed E-state index contributed by atoms with van der Waals surface area (Å²) in [7, 11) is 1.66. The number of nitrogen functional groups attached to an aromatic ring is 1. The third-order valence-electron chi connectivity index (χ3n) is 5.78. The third kappa shape index (κ3) is 5.99. The number of benzene rings is 1. The molecule has 0 spiro atoms. The van der Waals surface area contributed by atoms with Crippen molar-refractivity contribution in [3.05, 3.63) is 35.9 Å². The van der Waals surface area contributed by atoms with Crippen molar-refractivity contribution in [2.75, 3.05) is 55.8 Å². The van der Waals surface area contributed by atoms with E-state index < -0.39 is 0 Å². The lowest BCUT2D eigenvalue weighted by Crippen LogP contribution is -2.45. The minimum Gasteiger partial charge on any atom is -0.497 e. The van der Waals surface area contributed by atoms with Crippen LogP contribution in [0.1, 0.15) is 32.3 Å². The van der Waals surface area contributed by atoms with Crippen molar-refractivity contribution in [2.24, 2.45) is 5.92 Å². The Hall–Kier alpha value is -3.03. The number of hydrogen-bond acceptors (Lipinski definition) is 7. The van der Waals surface area contributed by atoms with Crippen molar-refractivity contribution in [3.63, 3.8) is 0 Å². The lowest BCUT2D eigenvalue weighted by Gasteiger charge is -2.35. The van der Waals surface area contributed by atoms with Gasteiger partial charge in [0, 0.05) is 38.8 Å². The molecule has 0 aliphatic carbocycles. The first-order valence-corrected chi connectivity index (χ1v) is 11.1.